The molecule has 0 heterocycles. The maximum absolute atomic E-state index is 11.6. The minimum Gasteiger partial charge on any atom is -0.344 e. The third-order valence-corrected chi connectivity index (χ3v) is 2.13. The quantitative estimate of drug-likeness (QED) is 0.632. The Bertz CT molecular complexity index is 219. The first kappa shape index (κ1) is 13.9. The summed E-state index contributed by atoms with van der Waals surface area (Å²) in [6, 6.07) is -0.457. The highest BCUT2D eigenvalue weighted by molar-refractivity contribution is 5.87. The summed E-state index contributed by atoms with van der Waals surface area (Å²) in [6.45, 7) is 7.15. The molecular weight excluding hydrogens is 194 g/mol. The zero-order chi connectivity index (χ0) is 11.8. The van der Waals surface area contributed by atoms with Crippen molar-refractivity contribution in [2.45, 2.75) is 26.8 Å². The van der Waals surface area contributed by atoms with Gasteiger partial charge in [-0.15, -0.1) is 0 Å². The van der Waals surface area contributed by atoms with E-state index in [0.29, 0.717) is 6.54 Å². The lowest BCUT2D eigenvalue weighted by molar-refractivity contribution is -0.134. The molecule has 0 aliphatic heterocycles. The lowest BCUT2D eigenvalue weighted by Crippen LogP contribution is -2.47. The molecule has 1 unspecified atom stereocenters. The number of nitrogens with one attached hydrogen (secondary N) is 2. The molecule has 0 rings (SSSR count). The first-order valence-electron chi connectivity index (χ1n) is 5.27. The summed E-state index contributed by atoms with van der Waals surface area (Å²) in [5, 5.41) is 5.54. The standard InChI is InChI=1S/C10H21N3O2/c1-5-11-7-9(14)12-8(3)10(15)13(4)6-2/h8,11H,5-7H2,1-4H3,(H,12,14). The molecule has 2 amide bonds. The fourth-order valence-corrected chi connectivity index (χ4v) is 1.08. The number of amides is 2. The van der Waals surface area contributed by atoms with Crippen molar-refractivity contribution >= 4 is 11.8 Å². The number of nitrogens with zero attached hydrogens (tertiary/aromatic N) is 1. The van der Waals surface area contributed by atoms with Gasteiger partial charge in [0, 0.05) is 13.6 Å². The summed E-state index contributed by atoms with van der Waals surface area (Å²) in [5.74, 6) is -0.218. The van der Waals surface area contributed by atoms with Gasteiger partial charge in [-0.3, -0.25) is 9.59 Å². The molecule has 0 fully saturated rings. The van der Waals surface area contributed by atoms with Gasteiger partial charge in [0.15, 0.2) is 0 Å². The largest absolute Gasteiger partial charge is 0.344 e. The molecule has 5 heteroatoms. The number of hydrogen-bond acceptors (Lipinski definition) is 3. The third kappa shape index (κ3) is 5.37. The van der Waals surface area contributed by atoms with Crippen molar-refractivity contribution in [1.29, 1.82) is 0 Å². The Labute approximate surface area is 91.2 Å². The molecule has 2 N–H and O–H groups in total. The fourth-order valence-electron chi connectivity index (χ4n) is 1.08. The minimum atomic E-state index is -0.457. The molecule has 1 atom stereocenters. The highest BCUT2D eigenvalue weighted by Gasteiger charge is 2.17. The predicted octanol–water partition coefficient (Wildman–Crippen LogP) is -0.421. The topological polar surface area (TPSA) is 61.4 Å². The molecule has 0 aliphatic rings. The molecule has 0 bridgehead atoms. The summed E-state index contributed by atoms with van der Waals surface area (Å²) >= 11 is 0. The number of carbonyl (C=O) groups excluding carboxylic acids is 2. The van der Waals surface area contributed by atoms with Crippen molar-refractivity contribution < 1.29 is 9.59 Å². The average molecular weight is 215 g/mol. The van der Waals surface area contributed by atoms with Crippen LogP contribution in [0.25, 0.3) is 0 Å². The molecule has 5 nitrogen and oxygen atoms in total. The van der Waals surface area contributed by atoms with Gasteiger partial charge in [-0.05, 0) is 20.4 Å². The molecule has 88 valence electrons. The lowest BCUT2D eigenvalue weighted by Gasteiger charge is -2.20. The SMILES string of the molecule is CCNCC(=O)NC(C)C(=O)N(C)CC. The molecule has 0 aliphatic carbocycles. The Morgan fingerprint density at radius 1 is 1.33 bits per heavy atom. The molecule has 0 aromatic heterocycles. The summed E-state index contributed by atoms with van der Waals surface area (Å²) in [4.78, 5) is 24.4. The second kappa shape index (κ2) is 7.23. The fraction of sp³-hybridized carbons (Fsp3) is 0.800. The Morgan fingerprint density at radius 3 is 2.40 bits per heavy atom. The zero-order valence-electron chi connectivity index (χ0n) is 9.96. The van der Waals surface area contributed by atoms with Crippen molar-refractivity contribution in [3.05, 3.63) is 0 Å². The Kier molecular flexibility index (Phi) is 6.70. The van der Waals surface area contributed by atoms with Crippen LogP contribution in [-0.2, 0) is 9.59 Å². The summed E-state index contributed by atoms with van der Waals surface area (Å²) in [6.07, 6.45) is 0. The lowest BCUT2D eigenvalue weighted by atomic mass is 10.3. The van der Waals surface area contributed by atoms with E-state index in [0.717, 1.165) is 6.54 Å². The van der Waals surface area contributed by atoms with E-state index < -0.39 is 6.04 Å². The molecule has 0 radical (unpaired) electrons. The molecule has 0 saturated heterocycles. The van der Waals surface area contributed by atoms with Gasteiger partial charge in [0.1, 0.15) is 6.04 Å². The average Bonchev–Trinajstić information content (AvgIpc) is 2.23. The van der Waals surface area contributed by atoms with E-state index in [1.54, 1.807) is 18.9 Å². The van der Waals surface area contributed by atoms with E-state index in [1.807, 2.05) is 13.8 Å². The molecule has 0 aromatic rings. The third-order valence-electron chi connectivity index (χ3n) is 2.13. The van der Waals surface area contributed by atoms with E-state index in [9.17, 15) is 9.59 Å². The second-order valence-corrected chi connectivity index (χ2v) is 3.42. The predicted molar refractivity (Wildman–Crippen MR) is 59.5 cm³/mol. The second-order valence-electron chi connectivity index (χ2n) is 3.42. The normalized spacial score (nSPS) is 12.0. The van der Waals surface area contributed by atoms with Crippen LogP contribution in [0.5, 0.6) is 0 Å². The Morgan fingerprint density at radius 2 is 1.93 bits per heavy atom. The maximum Gasteiger partial charge on any atom is 0.244 e. The van der Waals surface area contributed by atoms with Crippen molar-refractivity contribution in [3.63, 3.8) is 0 Å². The van der Waals surface area contributed by atoms with Crippen molar-refractivity contribution in [1.82, 2.24) is 15.5 Å². The van der Waals surface area contributed by atoms with Crippen LogP contribution in [0.4, 0.5) is 0 Å². The Hall–Kier alpha value is -1.10. The highest BCUT2D eigenvalue weighted by Crippen LogP contribution is 1.90. The van der Waals surface area contributed by atoms with Gasteiger partial charge < -0.3 is 15.5 Å². The molecule has 0 aromatic carbocycles. The maximum atomic E-state index is 11.6. The van der Waals surface area contributed by atoms with Crippen LogP contribution in [0, 0.1) is 0 Å². The van der Waals surface area contributed by atoms with Gasteiger partial charge >= 0.3 is 0 Å². The number of rotatable bonds is 6. The van der Waals surface area contributed by atoms with E-state index >= 15 is 0 Å². The van der Waals surface area contributed by atoms with Gasteiger partial charge in [-0.25, -0.2) is 0 Å². The number of carbonyl (C=O) groups is 2. The van der Waals surface area contributed by atoms with Crippen LogP contribution >= 0.6 is 0 Å². The smallest absolute Gasteiger partial charge is 0.244 e. The van der Waals surface area contributed by atoms with E-state index in [-0.39, 0.29) is 18.4 Å². The van der Waals surface area contributed by atoms with Crippen LogP contribution in [0.2, 0.25) is 0 Å². The molecule has 15 heavy (non-hydrogen) atoms. The van der Waals surface area contributed by atoms with Gasteiger partial charge in [0.05, 0.1) is 6.54 Å². The highest BCUT2D eigenvalue weighted by atomic mass is 16.2. The van der Waals surface area contributed by atoms with E-state index in [2.05, 4.69) is 10.6 Å². The zero-order valence-corrected chi connectivity index (χ0v) is 9.96. The van der Waals surface area contributed by atoms with E-state index in [4.69, 9.17) is 0 Å². The van der Waals surface area contributed by atoms with Crippen molar-refractivity contribution in [3.8, 4) is 0 Å². The first-order valence-corrected chi connectivity index (χ1v) is 5.27. The van der Waals surface area contributed by atoms with Crippen LogP contribution in [0.15, 0.2) is 0 Å². The van der Waals surface area contributed by atoms with Crippen LogP contribution in [0.1, 0.15) is 20.8 Å². The summed E-state index contributed by atoms with van der Waals surface area (Å²) < 4.78 is 0. The first-order chi connectivity index (χ1) is 7.02. The molecule has 0 saturated carbocycles. The minimum absolute atomic E-state index is 0.0673. The van der Waals surface area contributed by atoms with Crippen molar-refractivity contribution in [2.75, 3.05) is 26.7 Å². The van der Waals surface area contributed by atoms with Gasteiger partial charge in [-0.2, -0.15) is 0 Å². The van der Waals surface area contributed by atoms with Crippen molar-refractivity contribution in [2.24, 2.45) is 0 Å². The van der Waals surface area contributed by atoms with Gasteiger partial charge in [0.25, 0.3) is 0 Å². The monoisotopic (exact) mass is 215 g/mol. The summed E-state index contributed by atoms with van der Waals surface area (Å²) in [5.41, 5.74) is 0. The van der Waals surface area contributed by atoms with Gasteiger partial charge in [-0.1, -0.05) is 6.92 Å². The van der Waals surface area contributed by atoms with Crippen LogP contribution < -0.4 is 10.6 Å². The molecule has 0 spiro atoms. The molecular formula is C10H21N3O2. The number of hydrogen-bond donors (Lipinski definition) is 2. The van der Waals surface area contributed by atoms with Crippen LogP contribution in [0.3, 0.4) is 0 Å². The number of likely N-dealkylation sites (N-methyl/N-ethyl adjacent to an activating group) is 2. The van der Waals surface area contributed by atoms with Gasteiger partial charge in [0.2, 0.25) is 11.8 Å². The summed E-state index contributed by atoms with van der Waals surface area (Å²) in [7, 11) is 1.72. The van der Waals surface area contributed by atoms with E-state index in [1.165, 1.54) is 0 Å². The van der Waals surface area contributed by atoms with Crippen LogP contribution in [-0.4, -0.2) is 49.4 Å². The Balaban J connectivity index is 3.96.